The van der Waals surface area contributed by atoms with Crippen LogP contribution in [0.5, 0.6) is 0 Å². The maximum absolute atomic E-state index is 6.02. The zero-order valence-electron chi connectivity index (χ0n) is 13.0. The van der Waals surface area contributed by atoms with Crippen molar-refractivity contribution >= 4 is 17.4 Å². The molecular weight excluding hydrogens is 324 g/mol. The van der Waals surface area contributed by atoms with Gasteiger partial charge in [0.25, 0.3) is 0 Å². The summed E-state index contributed by atoms with van der Waals surface area (Å²) in [6.45, 7) is 3.78. The Hall–Kier alpha value is -2.44. The third-order valence-electron chi connectivity index (χ3n) is 4.14. The highest BCUT2D eigenvalue weighted by Gasteiger charge is 2.23. The second-order valence-corrected chi connectivity index (χ2v) is 6.07. The van der Waals surface area contributed by atoms with Crippen molar-refractivity contribution in [1.29, 1.82) is 0 Å². The van der Waals surface area contributed by atoms with Gasteiger partial charge < -0.3 is 10.2 Å². The summed E-state index contributed by atoms with van der Waals surface area (Å²) in [5, 5.41) is 11.9. The minimum atomic E-state index is 0.709. The second-order valence-electron chi connectivity index (χ2n) is 5.63. The zero-order valence-corrected chi connectivity index (χ0v) is 13.8. The highest BCUT2D eigenvalue weighted by Crippen LogP contribution is 2.37. The van der Waals surface area contributed by atoms with Crippen molar-refractivity contribution in [2.24, 2.45) is 0 Å². The Morgan fingerprint density at radius 3 is 2.54 bits per heavy atom. The van der Waals surface area contributed by atoms with Gasteiger partial charge in [-0.3, -0.25) is 5.10 Å². The highest BCUT2D eigenvalue weighted by atomic mass is 35.5. The first-order valence-electron chi connectivity index (χ1n) is 7.89. The van der Waals surface area contributed by atoms with Crippen LogP contribution in [0, 0.1) is 0 Å². The molecule has 2 N–H and O–H groups in total. The molecule has 0 radical (unpaired) electrons. The van der Waals surface area contributed by atoms with Crippen LogP contribution in [-0.2, 0) is 0 Å². The van der Waals surface area contributed by atoms with E-state index in [0.29, 0.717) is 5.02 Å². The number of rotatable bonds is 3. The van der Waals surface area contributed by atoms with Crippen LogP contribution < -0.4 is 10.2 Å². The van der Waals surface area contributed by atoms with E-state index >= 15 is 0 Å². The number of H-pyrrole nitrogens is 1. The van der Waals surface area contributed by atoms with Crippen LogP contribution in [0.3, 0.4) is 0 Å². The summed E-state index contributed by atoms with van der Waals surface area (Å²) in [7, 11) is 0. The van der Waals surface area contributed by atoms with E-state index in [2.05, 4.69) is 30.4 Å². The lowest BCUT2D eigenvalue weighted by atomic mass is 10.0. The lowest BCUT2D eigenvalue weighted by Crippen LogP contribution is -2.43. The van der Waals surface area contributed by atoms with Crippen molar-refractivity contribution in [3.63, 3.8) is 0 Å². The van der Waals surface area contributed by atoms with E-state index in [9.17, 15) is 0 Å². The summed E-state index contributed by atoms with van der Waals surface area (Å²) in [6.07, 6.45) is 3.32. The SMILES string of the molecule is Clc1ccc(-c2n[nH]c(N3CCNCC3)c2-c2ccncn2)cc1. The molecule has 1 saturated heterocycles. The largest absolute Gasteiger partial charge is 0.354 e. The smallest absolute Gasteiger partial charge is 0.134 e. The van der Waals surface area contributed by atoms with E-state index in [1.807, 2.05) is 30.3 Å². The molecule has 0 bridgehead atoms. The van der Waals surface area contributed by atoms with E-state index in [-0.39, 0.29) is 0 Å². The number of hydrogen-bond donors (Lipinski definition) is 2. The number of benzene rings is 1. The van der Waals surface area contributed by atoms with E-state index in [1.54, 1.807) is 12.5 Å². The van der Waals surface area contributed by atoms with Gasteiger partial charge in [-0.1, -0.05) is 23.7 Å². The molecule has 0 unspecified atom stereocenters. The van der Waals surface area contributed by atoms with Crippen LogP contribution in [-0.4, -0.2) is 46.3 Å². The quantitative estimate of drug-likeness (QED) is 0.767. The molecule has 0 amide bonds. The van der Waals surface area contributed by atoms with Crippen molar-refractivity contribution in [3.8, 4) is 22.5 Å². The Balaban J connectivity index is 1.84. The van der Waals surface area contributed by atoms with E-state index in [1.165, 1.54) is 0 Å². The molecule has 1 aromatic carbocycles. The van der Waals surface area contributed by atoms with Crippen LogP contribution >= 0.6 is 11.6 Å². The van der Waals surface area contributed by atoms with Gasteiger partial charge in [0.05, 0.1) is 11.3 Å². The van der Waals surface area contributed by atoms with Crippen LogP contribution in [0.2, 0.25) is 5.02 Å². The number of halogens is 1. The Bertz CT molecular complexity index is 809. The van der Waals surface area contributed by atoms with Crippen LogP contribution in [0.25, 0.3) is 22.5 Å². The fourth-order valence-corrected chi connectivity index (χ4v) is 3.07. The zero-order chi connectivity index (χ0) is 16.4. The molecule has 2 aromatic heterocycles. The third-order valence-corrected chi connectivity index (χ3v) is 4.39. The lowest BCUT2D eigenvalue weighted by Gasteiger charge is -2.28. The molecule has 4 rings (SSSR count). The first kappa shape index (κ1) is 15.1. The molecule has 3 aromatic rings. The first-order chi connectivity index (χ1) is 11.8. The summed E-state index contributed by atoms with van der Waals surface area (Å²) in [5.41, 5.74) is 3.74. The molecule has 0 atom stereocenters. The Morgan fingerprint density at radius 2 is 1.83 bits per heavy atom. The summed E-state index contributed by atoms with van der Waals surface area (Å²) >= 11 is 6.02. The molecule has 1 fully saturated rings. The molecule has 1 aliphatic rings. The Kier molecular flexibility index (Phi) is 4.15. The summed E-state index contributed by atoms with van der Waals surface area (Å²) in [6, 6.07) is 9.62. The van der Waals surface area contributed by atoms with Crippen molar-refractivity contribution in [2.75, 3.05) is 31.1 Å². The van der Waals surface area contributed by atoms with Gasteiger partial charge in [-0.25, -0.2) is 9.97 Å². The topological polar surface area (TPSA) is 69.7 Å². The van der Waals surface area contributed by atoms with Gasteiger partial charge >= 0.3 is 0 Å². The molecule has 0 spiro atoms. The number of aromatic amines is 1. The minimum Gasteiger partial charge on any atom is -0.354 e. The number of anilines is 1. The predicted octanol–water partition coefficient (Wildman–Crippen LogP) is 2.60. The van der Waals surface area contributed by atoms with Gasteiger partial charge in [0.2, 0.25) is 0 Å². The predicted molar refractivity (Wildman–Crippen MR) is 95.1 cm³/mol. The molecule has 6 nitrogen and oxygen atoms in total. The molecule has 1 aliphatic heterocycles. The maximum atomic E-state index is 6.02. The molecule has 122 valence electrons. The van der Waals surface area contributed by atoms with Gasteiger partial charge in [-0.2, -0.15) is 5.10 Å². The molecule has 0 saturated carbocycles. The fraction of sp³-hybridized carbons (Fsp3) is 0.235. The number of nitrogens with one attached hydrogen (secondary N) is 2. The van der Waals surface area contributed by atoms with Crippen LogP contribution in [0.4, 0.5) is 5.82 Å². The molecule has 7 heteroatoms. The van der Waals surface area contributed by atoms with Crippen LogP contribution in [0.15, 0.2) is 42.9 Å². The summed E-state index contributed by atoms with van der Waals surface area (Å²) in [5.74, 6) is 1.00. The van der Waals surface area contributed by atoms with Crippen LogP contribution in [0.1, 0.15) is 0 Å². The average Bonchev–Trinajstić information content (AvgIpc) is 3.09. The lowest BCUT2D eigenvalue weighted by molar-refractivity contribution is 0.585. The van der Waals surface area contributed by atoms with E-state index in [0.717, 1.165) is 54.5 Å². The molecule has 3 heterocycles. The first-order valence-corrected chi connectivity index (χ1v) is 8.27. The van der Waals surface area contributed by atoms with Crippen molar-refractivity contribution in [1.82, 2.24) is 25.5 Å². The van der Waals surface area contributed by atoms with Crippen molar-refractivity contribution in [2.45, 2.75) is 0 Å². The number of piperazine rings is 1. The Morgan fingerprint density at radius 1 is 1.04 bits per heavy atom. The monoisotopic (exact) mass is 340 g/mol. The van der Waals surface area contributed by atoms with Gasteiger partial charge in [-0.05, 0) is 18.2 Å². The number of aromatic nitrogens is 4. The van der Waals surface area contributed by atoms with E-state index in [4.69, 9.17) is 11.6 Å². The standard InChI is InChI=1S/C17H17ClN6/c18-13-3-1-12(2-4-13)16-15(14-5-6-20-11-21-14)17(23-22-16)24-9-7-19-8-10-24/h1-6,11,19H,7-10H2,(H,22,23). The second kappa shape index (κ2) is 6.59. The summed E-state index contributed by atoms with van der Waals surface area (Å²) in [4.78, 5) is 10.8. The number of hydrogen-bond acceptors (Lipinski definition) is 5. The third kappa shape index (κ3) is 2.86. The van der Waals surface area contributed by atoms with Crippen molar-refractivity contribution < 1.29 is 0 Å². The minimum absolute atomic E-state index is 0.709. The van der Waals surface area contributed by atoms with E-state index < -0.39 is 0 Å². The molecule has 24 heavy (non-hydrogen) atoms. The van der Waals surface area contributed by atoms with Gasteiger partial charge in [0, 0.05) is 43.0 Å². The fourth-order valence-electron chi connectivity index (χ4n) is 2.95. The normalized spacial score (nSPS) is 14.8. The van der Waals surface area contributed by atoms with Gasteiger partial charge in [-0.15, -0.1) is 0 Å². The van der Waals surface area contributed by atoms with Gasteiger partial charge in [0.1, 0.15) is 17.8 Å². The average molecular weight is 341 g/mol. The highest BCUT2D eigenvalue weighted by molar-refractivity contribution is 6.30. The van der Waals surface area contributed by atoms with Gasteiger partial charge in [0.15, 0.2) is 0 Å². The molecule has 0 aliphatic carbocycles. The van der Waals surface area contributed by atoms with Crippen molar-refractivity contribution in [3.05, 3.63) is 47.9 Å². The Labute approximate surface area is 144 Å². The maximum Gasteiger partial charge on any atom is 0.134 e. The molecular formula is C17H17ClN6. The summed E-state index contributed by atoms with van der Waals surface area (Å²) < 4.78 is 0. The number of nitrogens with zero attached hydrogens (tertiary/aromatic N) is 4.